The zero-order valence-corrected chi connectivity index (χ0v) is 15.1. The van der Waals surface area contributed by atoms with Crippen molar-refractivity contribution in [2.24, 2.45) is 0 Å². The molecule has 0 fully saturated rings. The van der Waals surface area contributed by atoms with E-state index < -0.39 is 0 Å². The number of hydrogen-bond acceptors (Lipinski definition) is 0. The second-order valence-corrected chi connectivity index (χ2v) is 6.77. The lowest BCUT2D eigenvalue weighted by atomic mass is 9.67. The van der Waals surface area contributed by atoms with Crippen LogP contribution in [0.5, 0.6) is 0 Å². The number of rotatable bonds is 2. The van der Waals surface area contributed by atoms with E-state index in [1.165, 1.54) is 44.6 Å². The molecule has 1 unspecified atom stereocenters. The van der Waals surface area contributed by atoms with Crippen LogP contribution in [0.25, 0.3) is 5.57 Å². The lowest BCUT2D eigenvalue weighted by molar-refractivity contribution is 0.704. The monoisotopic (exact) mass is 324 g/mol. The molecule has 1 aromatic rings. The largest absolute Gasteiger partial charge is 0.0987 e. The highest BCUT2D eigenvalue weighted by atomic mass is 14.5. The topological polar surface area (TPSA) is 0 Å². The Morgan fingerprint density at radius 1 is 1.04 bits per heavy atom. The smallest absolute Gasteiger partial charge is 0.0685 e. The summed E-state index contributed by atoms with van der Waals surface area (Å²) in [5.41, 5.74) is 10.7. The van der Waals surface area contributed by atoms with E-state index in [4.69, 9.17) is 0 Å². The molecule has 1 spiro atoms. The molecular weight excluding hydrogens is 300 g/mol. The van der Waals surface area contributed by atoms with Crippen molar-refractivity contribution >= 4 is 5.57 Å². The normalized spacial score (nSPS) is 27.4. The predicted octanol–water partition coefficient (Wildman–Crippen LogP) is 6.62. The fraction of sp³-hybridized carbons (Fsp3) is 0.200. The third-order valence-electron chi connectivity index (χ3n) is 5.91. The predicted molar refractivity (Wildman–Crippen MR) is 108 cm³/mol. The highest BCUT2D eigenvalue weighted by molar-refractivity contribution is 5.96. The van der Waals surface area contributed by atoms with E-state index in [2.05, 4.69) is 81.7 Å². The first-order valence-electron chi connectivity index (χ1n) is 9.09. The van der Waals surface area contributed by atoms with Crippen LogP contribution in [0.2, 0.25) is 0 Å². The van der Waals surface area contributed by atoms with E-state index in [-0.39, 0.29) is 5.41 Å². The van der Waals surface area contributed by atoms with Gasteiger partial charge in [0.25, 0.3) is 0 Å². The molecule has 124 valence electrons. The second kappa shape index (κ2) is 5.74. The molecule has 0 amide bonds. The van der Waals surface area contributed by atoms with Gasteiger partial charge in [-0.2, -0.15) is 0 Å². The molecule has 0 heteroatoms. The van der Waals surface area contributed by atoms with E-state index in [0.717, 1.165) is 12.8 Å². The van der Waals surface area contributed by atoms with E-state index in [1.807, 2.05) is 6.08 Å². The Morgan fingerprint density at radius 3 is 2.52 bits per heavy atom. The van der Waals surface area contributed by atoms with E-state index in [0.29, 0.717) is 0 Å². The minimum Gasteiger partial charge on any atom is -0.0987 e. The summed E-state index contributed by atoms with van der Waals surface area (Å²) < 4.78 is 0. The highest BCUT2D eigenvalue weighted by Crippen LogP contribution is 2.63. The third kappa shape index (κ3) is 1.77. The van der Waals surface area contributed by atoms with Crippen LogP contribution in [0.4, 0.5) is 0 Å². The average molecular weight is 324 g/mol. The minimum absolute atomic E-state index is 0.196. The summed E-state index contributed by atoms with van der Waals surface area (Å²) in [5.74, 6) is 0. The Bertz CT molecular complexity index is 940. The molecule has 3 aliphatic rings. The number of hydrogen-bond donors (Lipinski definition) is 0. The summed E-state index contributed by atoms with van der Waals surface area (Å²) in [4.78, 5) is 0. The zero-order valence-electron chi connectivity index (χ0n) is 15.1. The molecule has 0 bridgehead atoms. The Kier molecular flexibility index (Phi) is 3.65. The molecule has 25 heavy (non-hydrogen) atoms. The van der Waals surface area contributed by atoms with Crippen molar-refractivity contribution in [3.63, 3.8) is 0 Å². The standard InChI is InChI=1S/C25H24/c1-5-17-19-13-9-11-15-23(19)25(21(17)7-3)22(8-4)18(6-2)20-14-10-12-16-24(20)25/h5-10,12-14,16H,1,3,11,15H2,2,4H3/b18-6-,22-8+. The van der Waals surface area contributed by atoms with Crippen molar-refractivity contribution in [3.05, 3.63) is 113 Å². The SMILES string of the molecule is C=CC1=C(C=C)C2(C3=C1C=CCC3)C(=C/C)/C(=C\C)c1ccccc12. The average Bonchev–Trinajstić information content (AvgIpc) is 3.12. The van der Waals surface area contributed by atoms with Gasteiger partial charge in [-0.15, -0.1) is 0 Å². The van der Waals surface area contributed by atoms with E-state index in [9.17, 15) is 0 Å². The highest BCUT2D eigenvalue weighted by Gasteiger charge is 2.53. The molecule has 0 saturated heterocycles. The van der Waals surface area contributed by atoms with Crippen LogP contribution < -0.4 is 0 Å². The summed E-state index contributed by atoms with van der Waals surface area (Å²) in [6, 6.07) is 8.87. The first-order valence-corrected chi connectivity index (χ1v) is 9.09. The van der Waals surface area contributed by atoms with Crippen molar-refractivity contribution in [3.8, 4) is 0 Å². The van der Waals surface area contributed by atoms with Gasteiger partial charge in [0.15, 0.2) is 0 Å². The maximum Gasteiger partial charge on any atom is 0.0685 e. The molecule has 0 N–H and O–H groups in total. The van der Waals surface area contributed by atoms with Gasteiger partial charge in [-0.1, -0.05) is 73.9 Å². The van der Waals surface area contributed by atoms with Crippen LogP contribution in [0.3, 0.4) is 0 Å². The van der Waals surface area contributed by atoms with Gasteiger partial charge >= 0.3 is 0 Å². The Labute approximate surface area is 151 Å². The van der Waals surface area contributed by atoms with Crippen LogP contribution in [0, 0.1) is 0 Å². The van der Waals surface area contributed by atoms with Crippen LogP contribution >= 0.6 is 0 Å². The van der Waals surface area contributed by atoms with Crippen molar-refractivity contribution < 1.29 is 0 Å². The van der Waals surface area contributed by atoms with Gasteiger partial charge < -0.3 is 0 Å². The number of benzene rings is 1. The Balaban J connectivity index is 2.20. The van der Waals surface area contributed by atoms with E-state index >= 15 is 0 Å². The second-order valence-electron chi connectivity index (χ2n) is 6.77. The molecule has 0 nitrogen and oxygen atoms in total. The molecule has 0 aromatic heterocycles. The van der Waals surface area contributed by atoms with Gasteiger partial charge in [0.1, 0.15) is 0 Å². The maximum absolute atomic E-state index is 4.21. The van der Waals surface area contributed by atoms with Gasteiger partial charge in [0, 0.05) is 0 Å². The van der Waals surface area contributed by atoms with Crippen LogP contribution in [-0.2, 0) is 5.41 Å². The lowest BCUT2D eigenvalue weighted by Crippen LogP contribution is -2.28. The molecule has 0 aliphatic heterocycles. The summed E-state index contributed by atoms with van der Waals surface area (Å²) in [6.45, 7) is 12.6. The van der Waals surface area contributed by atoms with Crippen molar-refractivity contribution in [2.45, 2.75) is 32.1 Å². The first kappa shape index (κ1) is 15.9. The molecule has 0 radical (unpaired) electrons. The molecular formula is C25H24. The maximum atomic E-state index is 4.21. The molecule has 0 saturated carbocycles. The fourth-order valence-electron chi connectivity index (χ4n) is 5.13. The first-order chi connectivity index (χ1) is 12.2. The Hall–Kier alpha value is -2.60. The van der Waals surface area contributed by atoms with Crippen LogP contribution in [0.1, 0.15) is 37.8 Å². The molecule has 3 aliphatic carbocycles. The summed E-state index contributed by atoms with van der Waals surface area (Å²) in [5, 5.41) is 0. The molecule has 1 atom stereocenters. The van der Waals surface area contributed by atoms with Gasteiger partial charge in [0.05, 0.1) is 5.41 Å². The third-order valence-corrected chi connectivity index (χ3v) is 5.91. The van der Waals surface area contributed by atoms with Gasteiger partial charge in [-0.3, -0.25) is 0 Å². The Morgan fingerprint density at radius 2 is 1.84 bits per heavy atom. The van der Waals surface area contributed by atoms with Gasteiger partial charge in [0.2, 0.25) is 0 Å². The molecule has 0 heterocycles. The zero-order chi connectivity index (χ0) is 17.6. The van der Waals surface area contributed by atoms with Gasteiger partial charge in [-0.05, 0) is 71.3 Å². The van der Waals surface area contributed by atoms with Crippen molar-refractivity contribution in [1.82, 2.24) is 0 Å². The van der Waals surface area contributed by atoms with Crippen LogP contribution in [0.15, 0.2) is 102 Å². The summed E-state index contributed by atoms with van der Waals surface area (Å²) >= 11 is 0. The van der Waals surface area contributed by atoms with Gasteiger partial charge in [-0.25, -0.2) is 0 Å². The van der Waals surface area contributed by atoms with Crippen molar-refractivity contribution in [1.29, 1.82) is 0 Å². The fourth-order valence-corrected chi connectivity index (χ4v) is 5.13. The number of allylic oxidation sites excluding steroid dienone is 12. The summed E-state index contributed by atoms with van der Waals surface area (Å²) in [6.07, 6.45) is 15.4. The molecule has 1 aromatic carbocycles. The summed E-state index contributed by atoms with van der Waals surface area (Å²) in [7, 11) is 0. The minimum atomic E-state index is -0.196. The number of fused-ring (bicyclic) bond motifs is 3. The van der Waals surface area contributed by atoms with Crippen LogP contribution in [-0.4, -0.2) is 0 Å². The molecule has 4 rings (SSSR count). The quantitative estimate of drug-likeness (QED) is 0.573. The lowest BCUT2D eigenvalue weighted by Gasteiger charge is -2.34. The van der Waals surface area contributed by atoms with Crippen molar-refractivity contribution in [2.75, 3.05) is 0 Å². The van der Waals surface area contributed by atoms with E-state index in [1.54, 1.807) is 0 Å².